The number of hydrogen-bond donors (Lipinski definition) is 1. The third kappa shape index (κ3) is 2.80. The highest BCUT2D eigenvalue weighted by atomic mass is 15.0. The monoisotopic (exact) mass is 289 g/mol. The van der Waals surface area contributed by atoms with Crippen LogP contribution in [0.15, 0.2) is 0 Å². The highest BCUT2D eigenvalue weighted by Gasteiger charge is 2.53. The number of nitrogens with one attached hydrogen (secondary N) is 1. The Balaban J connectivity index is 1.41. The van der Waals surface area contributed by atoms with E-state index in [1.54, 1.807) is 38.5 Å². The van der Waals surface area contributed by atoms with Crippen molar-refractivity contribution in [1.29, 1.82) is 0 Å². The van der Waals surface area contributed by atoms with E-state index in [1.807, 2.05) is 0 Å². The van der Waals surface area contributed by atoms with Crippen LogP contribution in [0.4, 0.5) is 0 Å². The topological polar surface area (TPSA) is 12.0 Å². The van der Waals surface area contributed by atoms with Crippen LogP contribution in [0.25, 0.3) is 0 Å². The smallest absolute Gasteiger partial charge is 0.00980 e. The maximum absolute atomic E-state index is 4.14. The molecular weight excluding hydrogens is 254 g/mol. The van der Waals surface area contributed by atoms with Gasteiger partial charge >= 0.3 is 0 Å². The quantitative estimate of drug-likeness (QED) is 0.708. The molecule has 0 heterocycles. The van der Waals surface area contributed by atoms with Crippen molar-refractivity contribution in [2.75, 3.05) is 0 Å². The van der Waals surface area contributed by atoms with E-state index in [1.165, 1.54) is 32.1 Å². The van der Waals surface area contributed by atoms with E-state index < -0.39 is 0 Å². The molecule has 5 rings (SSSR count). The van der Waals surface area contributed by atoms with E-state index >= 15 is 0 Å². The van der Waals surface area contributed by atoms with Crippen LogP contribution in [0.2, 0.25) is 0 Å². The van der Waals surface area contributed by atoms with Crippen molar-refractivity contribution in [3.05, 3.63) is 0 Å². The molecule has 0 aromatic heterocycles. The van der Waals surface area contributed by atoms with Crippen molar-refractivity contribution in [3.8, 4) is 0 Å². The molecule has 0 spiro atoms. The summed E-state index contributed by atoms with van der Waals surface area (Å²) in [6, 6.07) is 1.59. The summed E-state index contributed by atoms with van der Waals surface area (Å²) in [6.45, 7) is 4.99. The Morgan fingerprint density at radius 3 is 2.10 bits per heavy atom. The van der Waals surface area contributed by atoms with Crippen LogP contribution in [-0.4, -0.2) is 12.1 Å². The Labute approximate surface area is 131 Å². The molecule has 0 amide bonds. The highest BCUT2D eigenvalue weighted by molar-refractivity contribution is 5.05. The maximum atomic E-state index is 4.14. The second-order valence-corrected chi connectivity index (χ2v) is 9.48. The van der Waals surface area contributed by atoms with E-state index in [2.05, 4.69) is 19.2 Å². The van der Waals surface area contributed by atoms with Gasteiger partial charge in [-0.05, 0) is 93.8 Å². The summed E-state index contributed by atoms with van der Waals surface area (Å²) in [7, 11) is 0. The first-order valence-electron chi connectivity index (χ1n) is 9.89. The van der Waals surface area contributed by atoms with Crippen molar-refractivity contribution in [3.63, 3.8) is 0 Å². The summed E-state index contributed by atoms with van der Waals surface area (Å²) < 4.78 is 0. The fourth-order valence-electron chi connectivity index (χ4n) is 6.89. The molecule has 0 aliphatic heterocycles. The molecule has 1 N–H and O–H groups in total. The zero-order valence-corrected chi connectivity index (χ0v) is 14.2. The normalized spacial score (nSPS) is 50.9. The minimum absolute atomic E-state index is 0.687. The van der Waals surface area contributed by atoms with Crippen LogP contribution < -0.4 is 5.32 Å². The van der Waals surface area contributed by atoms with Crippen molar-refractivity contribution < 1.29 is 0 Å². The predicted molar refractivity (Wildman–Crippen MR) is 89.2 cm³/mol. The van der Waals surface area contributed by atoms with Gasteiger partial charge in [-0.3, -0.25) is 0 Å². The lowest BCUT2D eigenvalue weighted by atomic mass is 9.48. The van der Waals surface area contributed by atoms with E-state index in [-0.39, 0.29) is 0 Å². The maximum Gasteiger partial charge on any atom is 0.00980 e. The van der Waals surface area contributed by atoms with Gasteiger partial charge in [-0.2, -0.15) is 0 Å². The third-order valence-electron chi connectivity index (χ3n) is 7.75. The van der Waals surface area contributed by atoms with Crippen molar-refractivity contribution in [2.45, 2.75) is 96.6 Å². The molecule has 0 saturated heterocycles. The molecule has 0 aromatic carbocycles. The van der Waals surface area contributed by atoms with Gasteiger partial charge in [-0.15, -0.1) is 0 Å². The Bertz CT molecular complexity index is 339. The van der Waals surface area contributed by atoms with Crippen molar-refractivity contribution in [2.24, 2.45) is 29.1 Å². The lowest BCUT2D eigenvalue weighted by Crippen LogP contribution is -2.56. The van der Waals surface area contributed by atoms with Crippen LogP contribution in [0, 0.1) is 29.1 Å². The lowest BCUT2D eigenvalue weighted by molar-refractivity contribution is -0.0723. The number of rotatable bonds is 3. The van der Waals surface area contributed by atoms with E-state index in [4.69, 9.17) is 0 Å². The van der Waals surface area contributed by atoms with Gasteiger partial charge in [-0.1, -0.05) is 19.8 Å². The van der Waals surface area contributed by atoms with Gasteiger partial charge in [0.2, 0.25) is 0 Å². The van der Waals surface area contributed by atoms with Crippen LogP contribution in [-0.2, 0) is 0 Å². The molecule has 21 heavy (non-hydrogen) atoms. The SMILES string of the molecule is CC1CCCC(NC(C)C23CC4CC(CC(C4)C2)C3)CC1. The van der Waals surface area contributed by atoms with Crippen LogP contribution >= 0.6 is 0 Å². The zero-order chi connectivity index (χ0) is 14.4. The van der Waals surface area contributed by atoms with E-state index in [0.717, 1.165) is 35.8 Å². The minimum atomic E-state index is 0.687. The first-order valence-corrected chi connectivity index (χ1v) is 9.89. The third-order valence-corrected chi connectivity index (χ3v) is 7.75. The van der Waals surface area contributed by atoms with Crippen LogP contribution in [0.5, 0.6) is 0 Å². The Morgan fingerprint density at radius 1 is 0.857 bits per heavy atom. The Kier molecular flexibility index (Phi) is 3.84. The fraction of sp³-hybridized carbons (Fsp3) is 1.00. The molecule has 5 aliphatic rings. The fourth-order valence-corrected chi connectivity index (χ4v) is 6.89. The van der Waals surface area contributed by atoms with Gasteiger partial charge in [0.05, 0.1) is 0 Å². The van der Waals surface area contributed by atoms with Gasteiger partial charge in [0.15, 0.2) is 0 Å². The van der Waals surface area contributed by atoms with Crippen molar-refractivity contribution >= 4 is 0 Å². The molecule has 0 aromatic rings. The van der Waals surface area contributed by atoms with Crippen LogP contribution in [0.3, 0.4) is 0 Å². The second-order valence-electron chi connectivity index (χ2n) is 9.48. The second kappa shape index (κ2) is 5.55. The molecule has 3 unspecified atom stereocenters. The highest BCUT2D eigenvalue weighted by Crippen LogP contribution is 2.61. The average Bonchev–Trinajstić information content (AvgIpc) is 2.62. The molecule has 1 nitrogen and oxygen atoms in total. The lowest BCUT2D eigenvalue weighted by Gasteiger charge is -2.59. The summed E-state index contributed by atoms with van der Waals surface area (Å²) >= 11 is 0. The van der Waals surface area contributed by atoms with Crippen molar-refractivity contribution in [1.82, 2.24) is 5.32 Å². The molecule has 0 radical (unpaired) electrons. The zero-order valence-electron chi connectivity index (χ0n) is 14.2. The first kappa shape index (κ1) is 14.5. The largest absolute Gasteiger partial charge is 0.311 e. The molecule has 1 heteroatoms. The molecule has 5 aliphatic carbocycles. The molecule has 120 valence electrons. The summed E-state index contributed by atoms with van der Waals surface area (Å²) in [5.41, 5.74) is 0.687. The first-order chi connectivity index (χ1) is 10.1. The van der Waals surface area contributed by atoms with Gasteiger partial charge in [0, 0.05) is 12.1 Å². The summed E-state index contributed by atoms with van der Waals surface area (Å²) in [4.78, 5) is 0. The summed E-state index contributed by atoms with van der Waals surface area (Å²) in [5, 5.41) is 4.14. The number of hydrogen-bond acceptors (Lipinski definition) is 1. The van der Waals surface area contributed by atoms with E-state index in [9.17, 15) is 0 Å². The molecule has 4 bridgehead atoms. The van der Waals surface area contributed by atoms with Gasteiger partial charge in [-0.25, -0.2) is 0 Å². The average molecular weight is 290 g/mol. The molecule has 5 saturated carbocycles. The predicted octanol–water partition coefficient (Wildman–Crippen LogP) is 5.15. The standard InChI is InChI=1S/C20H35N/c1-14-4-3-5-19(7-6-14)21-15(2)20-11-16-8-17(12-20)10-18(9-16)13-20/h14-19,21H,3-13H2,1-2H3. The van der Waals surface area contributed by atoms with Crippen LogP contribution in [0.1, 0.15) is 84.5 Å². The Hall–Kier alpha value is -0.0400. The molecule has 3 atom stereocenters. The summed E-state index contributed by atoms with van der Waals surface area (Å²) in [6.07, 6.45) is 16.6. The van der Waals surface area contributed by atoms with Gasteiger partial charge < -0.3 is 5.32 Å². The Morgan fingerprint density at radius 2 is 1.48 bits per heavy atom. The van der Waals surface area contributed by atoms with E-state index in [0.29, 0.717) is 5.41 Å². The molecule has 5 fully saturated rings. The minimum Gasteiger partial charge on any atom is -0.311 e. The van der Waals surface area contributed by atoms with Gasteiger partial charge in [0.1, 0.15) is 0 Å². The summed E-state index contributed by atoms with van der Waals surface area (Å²) in [5.74, 6) is 4.24. The van der Waals surface area contributed by atoms with Gasteiger partial charge in [0.25, 0.3) is 0 Å². The molecular formula is C20H35N.